The van der Waals surface area contributed by atoms with Crippen LogP contribution >= 0.6 is 0 Å². The highest BCUT2D eigenvalue weighted by atomic mass is 19.1. The van der Waals surface area contributed by atoms with Gasteiger partial charge in [-0.1, -0.05) is 5.16 Å². The summed E-state index contributed by atoms with van der Waals surface area (Å²) in [5.74, 6) is 0.824. The molecular weight excluding hydrogens is 413 g/mol. The predicted octanol–water partition coefficient (Wildman–Crippen LogP) is 2.60. The number of halogens is 1. The summed E-state index contributed by atoms with van der Waals surface area (Å²) in [5.41, 5.74) is 0.686. The zero-order valence-electron chi connectivity index (χ0n) is 18.9. The van der Waals surface area contributed by atoms with E-state index in [1.165, 1.54) is 12.1 Å². The van der Waals surface area contributed by atoms with Crippen molar-refractivity contribution in [3.05, 3.63) is 36.0 Å². The minimum absolute atomic E-state index is 0.111. The summed E-state index contributed by atoms with van der Waals surface area (Å²) in [5, 5.41) is 3.93. The minimum atomic E-state index is -0.317. The van der Waals surface area contributed by atoms with Gasteiger partial charge in [-0.25, -0.2) is 4.39 Å². The maximum atomic E-state index is 13.0. The first-order valence-corrected chi connectivity index (χ1v) is 11.4. The smallest absolute Gasteiger partial charge is 0.236 e. The highest BCUT2D eigenvalue weighted by Crippen LogP contribution is 2.17. The van der Waals surface area contributed by atoms with Crippen molar-refractivity contribution in [1.82, 2.24) is 24.8 Å². The highest BCUT2D eigenvalue weighted by molar-refractivity contribution is 5.78. The molecule has 2 amide bonds. The van der Waals surface area contributed by atoms with Crippen molar-refractivity contribution in [2.75, 3.05) is 45.8 Å². The summed E-state index contributed by atoms with van der Waals surface area (Å²) in [6, 6.07) is 5.91. The largest absolute Gasteiger partial charge is 0.342 e. The molecule has 9 heteroatoms. The molecule has 32 heavy (non-hydrogen) atoms. The Morgan fingerprint density at radius 2 is 1.84 bits per heavy atom. The molecule has 0 bridgehead atoms. The topological polar surface area (TPSA) is 82.8 Å². The summed E-state index contributed by atoms with van der Waals surface area (Å²) in [6.45, 7) is 8.72. The number of carbonyl (C=O) groups is 2. The molecule has 0 unspecified atom stereocenters. The molecule has 2 aromatic rings. The molecular formula is C23H32FN5O3. The zero-order valence-corrected chi connectivity index (χ0v) is 18.9. The van der Waals surface area contributed by atoms with Gasteiger partial charge in [0.15, 0.2) is 0 Å². The van der Waals surface area contributed by atoms with E-state index in [0.717, 1.165) is 26.1 Å². The standard InChI is InChI=1S/C23H32FN5O3/c1-3-28(4-2)22(31)17-27-13-6-14-29(16-15-27)21(30)8-5-7-20-25-23(26-32-20)18-9-11-19(24)12-10-18/h9-12H,3-8,13-17H2,1-2H3. The third-order valence-electron chi connectivity index (χ3n) is 5.77. The number of hydrogen-bond donors (Lipinski definition) is 0. The van der Waals surface area contributed by atoms with Crippen LogP contribution in [0.25, 0.3) is 11.4 Å². The number of nitrogens with zero attached hydrogens (tertiary/aromatic N) is 5. The van der Waals surface area contributed by atoms with Crippen LogP contribution in [0.3, 0.4) is 0 Å². The van der Waals surface area contributed by atoms with E-state index in [-0.39, 0.29) is 17.6 Å². The van der Waals surface area contributed by atoms with Gasteiger partial charge in [-0.2, -0.15) is 4.98 Å². The Bertz CT molecular complexity index is 882. The first-order chi connectivity index (χ1) is 15.5. The van der Waals surface area contributed by atoms with E-state index in [2.05, 4.69) is 15.0 Å². The number of benzene rings is 1. The molecule has 2 heterocycles. The van der Waals surface area contributed by atoms with Crippen LogP contribution in [-0.4, -0.2) is 82.5 Å². The van der Waals surface area contributed by atoms with Gasteiger partial charge in [0.05, 0.1) is 6.54 Å². The zero-order chi connectivity index (χ0) is 22.9. The first-order valence-electron chi connectivity index (χ1n) is 11.4. The van der Waals surface area contributed by atoms with Gasteiger partial charge < -0.3 is 14.3 Å². The molecule has 3 rings (SSSR count). The Hall–Kier alpha value is -2.81. The lowest BCUT2D eigenvalue weighted by Crippen LogP contribution is -2.42. The van der Waals surface area contributed by atoms with Gasteiger partial charge >= 0.3 is 0 Å². The molecule has 1 aliphatic heterocycles. The number of aryl methyl sites for hydroxylation is 1. The normalized spacial score (nSPS) is 14.9. The van der Waals surface area contributed by atoms with Gasteiger partial charge in [0, 0.05) is 57.7 Å². The number of likely N-dealkylation sites (N-methyl/N-ethyl adjacent to an activating group) is 1. The van der Waals surface area contributed by atoms with Crippen LogP contribution < -0.4 is 0 Å². The van der Waals surface area contributed by atoms with Crippen molar-refractivity contribution in [1.29, 1.82) is 0 Å². The van der Waals surface area contributed by atoms with E-state index in [1.54, 1.807) is 12.1 Å². The van der Waals surface area contributed by atoms with Crippen LogP contribution in [0, 0.1) is 5.82 Å². The number of hydrogen-bond acceptors (Lipinski definition) is 6. The Kier molecular flexibility index (Phi) is 8.72. The molecule has 0 aliphatic carbocycles. The van der Waals surface area contributed by atoms with E-state index in [9.17, 15) is 14.0 Å². The van der Waals surface area contributed by atoms with Crippen molar-refractivity contribution in [3.8, 4) is 11.4 Å². The molecule has 1 aromatic heterocycles. The minimum Gasteiger partial charge on any atom is -0.342 e. The number of aromatic nitrogens is 2. The molecule has 0 spiro atoms. The Morgan fingerprint density at radius 3 is 2.56 bits per heavy atom. The van der Waals surface area contributed by atoms with Crippen LogP contribution in [-0.2, 0) is 16.0 Å². The maximum absolute atomic E-state index is 13.0. The summed E-state index contributed by atoms with van der Waals surface area (Å²) in [4.78, 5) is 35.2. The number of amides is 2. The van der Waals surface area contributed by atoms with E-state index < -0.39 is 0 Å². The fraction of sp³-hybridized carbons (Fsp3) is 0.565. The second-order valence-corrected chi connectivity index (χ2v) is 7.95. The lowest BCUT2D eigenvalue weighted by Gasteiger charge is -2.25. The monoisotopic (exact) mass is 445 g/mol. The third kappa shape index (κ3) is 6.59. The fourth-order valence-corrected chi connectivity index (χ4v) is 3.87. The molecule has 8 nitrogen and oxygen atoms in total. The quantitative estimate of drug-likeness (QED) is 0.590. The maximum Gasteiger partial charge on any atom is 0.236 e. The Labute approximate surface area is 188 Å². The second-order valence-electron chi connectivity index (χ2n) is 7.95. The fourth-order valence-electron chi connectivity index (χ4n) is 3.87. The summed E-state index contributed by atoms with van der Waals surface area (Å²) in [7, 11) is 0. The number of rotatable bonds is 9. The van der Waals surface area contributed by atoms with Gasteiger partial charge in [-0.05, 0) is 51.0 Å². The molecule has 0 atom stereocenters. The number of carbonyl (C=O) groups excluding carboxylic acids is 2. The lowest BCUT2D eigenvalue weighted by atomic mass is 10.2. The van der Waals surface area contributed by atoms with Crippen molar-refractivity contribution in [2.45, 2.75) is 39.5 Å². The van der Waals surface area contributed by atoms with E-state index in [4.69, 9.17) is 4.52 Å². The van der Waals surface area contributed by atoms with Crippen molar-refractivity contribution in [3.63, 3.8) is 0 Å². The van der Waals surface area contributed by atoms with Crippen LogP contribution in [0.1, 0.15) is 39.0 Å². The van der Waals surface area contributed by atoms with Crippen molar-refractivity contribution in [2.24, 2.45) is 0 Å². The van der Waals surface area contributed by atoms with Gasteiger partial charge in [0.1, 0.15) is 5.82 Å². The van der Waals surface area contributed by atoms with Crippen molar-refractivity contribution >= 4 is 11.8 Å². The van der Waals surface area contributed by atoms with Crippen molar-refractivity contribution < 1.29 is 18.5 Å². The molecule has 1 aromatic carbocycles. The SMILES string of the molecule is CCN(CC)C(=O)CN1CCCN(C(=O)CCCc2nc(-c3ccc(F)cc3)no2)CC1. The van der Waals surface area contributed by atoms with Crippen LogP contribution in [0.5, 0.6) is 0 Å². The van der Waals surface area contributed by atoms with Gasteiger partial charge in [-0.15, -0.1) is 0 Å². The van der Waals surface area contributed by atoms with E-state index >= 15 is 0 Å². The first kappa shape index (κ1) is 23.8. The molecule has 0 saturated carbocycles. The molecule has 1 saturated heterocycles. The molecule has 1 aliphatic rings. The molecule has 1 fully saturated rings. The Morgan fingerprint density at radius 1 is 1.09 bits per heavy atom. The lowest BCUT2D eigenvalue weighted by molar-refractivity contribution is -0.132. The average Bonchev–Trinajstić information content (AvgIpc) is 3.13. The van der Waals surface area contributed by atoms with Crippen LogP contribution in [0.2, 0.25) is 0 Å². The van der Waals surface area contributed by atoms with E-state index in [1.807, 2.05) is 23.6 Å². The highest BCUT2D eigenvalue weighted by Gasteiger charge is 2.21. The third-order valence-corrected chi connectivity index (χ3v) is 5.77. The second kappa shape index (κ2) is 11.7. The van der Waals surface area contributed by atoms with Gasteiger partial charge in [0.25, 0.3) is 0 Å². The van der Waals surface area contributed by atoms with Gasteiger partial charge in [0.2, 0.25) is 23.5 Å². The average molecular weight is 446 g/mol. The van der Waals surface area contributed by atoms with Gasteiger partial charge in [-0.3, -0.25) is 14.5 Å². The van der Waals surface area contributed by atoms with E-state index in [0.29, 0.717) is 62.7 Å². The predicted molar refractivity (Wildman–Crippen MR) is 118 cm³/mol. The van der Waals surface area contributed by atoms with Crippen LogP contribution in [0.15, 0.2) is 28.8 Å². The van der Waals surface area contributed by atoms with Crippen LogP contribution in [0.4, 0.5) is 4.39 Å². The molecule has 0 N–H and O–H groups in total. The molecule has 174 valence electrons. The Balaban J connectivity index is 1.42. The molecule has 0 radical (unpaired) electrons. The summed E-state index contributed by atoms with van der Waals surface area (Å²) in [6.07, 6.45) is 2.40. The summed E-state index contributed by atoms with van der Waals surface area (Å²) >= 11 is 0. The summed E-state index contributed by atoms with van der Waals surface area (Å²) < 4.78 is 18.3.